The Labute approximate surface area is 118 Å². The van der Waals surface area contributed by atoms with E-state index in [1.54, 1.807) is 19.1 Å². The molecule has 7 heteroatoms. The van der Waals surface area contributed by atoms with Crippen LogP contribution in [0, 0.1) is 0 Å². The van der Waals surface area contributed by atoms with Crippen LogP contribution in [-0.4, -0.2) is 60.5 Å². The van der Waals surface area contributed by atoms with E-state index in [0.29, 0.717) is 24.5 Å². The number of likely N-dealkylation sites (tertiary alicyclic amines) is 1. The van der Waals surface area contributed by atoms with Gasteiger partial charge in [0.15, 0.2) is 5.69 Å². The lowest BCUT2D eigenvalue weighted by Gasteiger charge is -2.14. The Bertz CT molecular complexity index is 462. The summed E-state index contributed by atoms with van der Waals surface area (Å²) in [7, 11) is 3.24. The molecule has 2 unspecified atom stereocenters. The number of methoxy groups -OCH3 is 2. The van der Waals surface area contributed by atoms with Gasteiger partial charge in [-0.3, -0.25) is 9.89 Å². The number of ether oxygens (including phenoxy) is 2. The molecule has 7 nitrogen and oxygen atoms in total. The van der Waals surface area contributed by atoms with Gasteiger partial charge >= 0.3 is 0 Å². The van der Waals surface area contributed by atoms with Gasteiger partial charge < -0.3 is 20.1 Å². The third-order valence-electron chi connectivity index (χ3n) is 3.69. The summed E-state index contributed by atoms with van der Waals surface area (Å²) < 4.78 is 10.7. The van der Waals surface area contributed by atoms with Gasteiger partial charge in [-0.05, 0) is 6.42 Å². The lowest BCUT2D eigenvalue weighted by atomic mass is 10.2. The van der Waals surface area contributed by atoms with Crippen molar-refractivity contribution in [2.45, 2.75) is 32.0 Å². The fourth-order valence-electron chi connectivity index (χ4n) is 2.50. The molecule has 0 spiro atoms. The molecule has 1 fully saturated rings. The third-order valence-corrected chi connectivity index (χ3v) is 3.69. The van der Waals surface area contributed by atoms with Crippen LogP contribution in [0.15, 0.2) is 0 Å². The number of amides is 1. The highest BCUT2D eigenvalue weighted by Gasteiger charge is 2.37. The zero-order valence-electron chi connectivity index (χ0n) is 12.2. The molecule has 2 atom stereocenters. The van der Waals surface area contributed by atoms with Crippen LogP contribution in [-0.2, 0) is 15.9 Å². The highest BCUT2D eigenvalue weighted by atomic mass is 16.5. The molecule has 1 aliphatic rings. The molecule has 20 heavy (non-hydrogen) atoms. The topological polar surface area (TPSA) is 93.5 Å². The second kappa shape index (κ2) is 6.23. The fourth-order valence-corrected chi connectivity index (χ4v) is 2.50. The maximum atomic E-state index is 12.5. The Morgan fingerprint density at radius 1 is 1.40 bits per heavy atom. The Morgan fingerprint density at radius 2 is 2.00 bits per heavy atom. The van der Waals surface area contributed by atoms with E-state index < -0.39 is 0 Å². The molecule has 2 rings (SSSR count). The molecule has 0 aromatic carbocycles. The molecule has 1 saturated heterocycles. The van der Waals surface area contributed by atoms with Crippen LogP contribution in [0.4, 0.5) is 5.69 Å². The molecule has 0 radical (unpaired) electrons. The monoisotopic (exact) mass is 282 g/mol. The first-order valence-corrected chi connectivity index (χ1v) is 6.79. The van der Waals surface area contributed by atoms with Crippen molar-refractivity contribution in [1.82, 2.24) is 15.1 Å². The van der Waals surface area contributed by atoms with Gasteiger partial charge in [0.2, 0.25) is 0 Å². The van der Waals surface area contributed by atoms with Crippen molar-refractivity contribution in [3.05, 3.63) is 11.4 Å². The third kappa shape index (κ3) is 2.64. The second-order valence-electron chi connectivity index (χ2n) is 4.97. The second-order valence-corrected chi connectivity index (χ2v) is 4.97. The average Bonchev–Trinajstić information content (AvgIpc) is 3.03. The SMILES string of the molecule is CCCc1[nH]nc(C(=O)N2CC(OC)C(OC)C2)c1N. The molecule has 0 bridgehead atoms. The molecule has 2 heterocycles. The molecule has 1 aliphatic heterocycles. The van der Waals surface area contributed by atoms with Crippen molar-refractivity contribution >= 4 is 11.6 Å². The maximum absolute atomic E-state index is 12.5. The summed E-state index contributed by atoms with van der Waals surface area (Å²) in [5.41, 5.74) is 7.55. The first-order chi connectivity index (χ1) is 9.62. The molecule has 0 aliphatic carbocycles. The van der Waals surface area contributed by atoms with Gasteiger partial charge in [0.05, 0.1) is 11.4 Å². The predicted octanol–water partition coefficient (Wildman–Crippen LogP) is 0.430. The number of nitrogens with zero attached hydrogens (tertiary/aromatic N) is 2. The maximum Gasteiger partial charge on any atom is 0.276 e. The van der Waals surface area contributed by atoms with Gasteiger partial charge in [0.25, 0.3) is 5.91 Å². The minimum atomic E-state index is -0.178. The summed E-state index contributed by atoms with van der Waals surface area (Å²) in [6, 6.07) is 0. The molecule has 1 aromatic rings. The minimum absolute atomic E-state index is 0.112. The number of aromatic nitrogens is 2. The molecule has 1 aromatic heterocycles. The smallest absolute Gasteiger partial charge is 0.276 e. The Kier molecular flexibility index (Phi) is 4.61. The van der Waals surface area contributed by atoms with Crippen molar-refractivity contribution in [3.8, 4) is 0 Å². The van der Waals surface area contributed by atoms with E-state index in [0.717, 1.165) is 18.5 Å². The minimum Gasteiger partial charge on any atom is -0.395 e. The number of hydrogen-bond donors (Lipinski definition) is 2. The summed E-state index contributed by atoms with van der Waals surface area (Å²) in [6.07, 6.45) is 1.51. The number of nitrogen functional groups attached to an aromatic ring is 1. The van der Waals surface area contributed by atoms with Crippen LogP contribution in [0.1, 0.15) is 29.5 Å². The average molecular weight is 282 g/mol. The fraction of sp³-hybridized carbons (Fsp3) is 0.692. The summed E-state index contributed by atoms with van der Waals surface area (Å²) in [6.45, 7) is 3.03. The number of hydrogen-bond acceptors (Lipinski definition) is 5. The number of carbonyl (C=O) groups is 1. The normalized spacial score (nSPS) is 22.4. The largest absolute Gasteiger partial charge is 0.395 e. The Morgan fingerprint density at radius 3 is 2.50 bits per heavy atom. The molecule has 3 N–H and O–H groups in total. The first kappa shape index (κ1) is 14.8. The number of nitrogens with two attached hydrogens (primary N) is 1. The molecule has 112 valence electrons. The number of carbonyl (C=O) groups excluding carboxylic acids is 1. The molecule has 0 saturated carbocycles. The lowest BCUT2D eigenvalue weighted by Crippen LogP contribution is -2.31. The van der Waals surface area contributed by atoms with Gasteiger partial charge in [-0.25, -0.2) is 0 Å². The van der Waals surface area contributed by atoms with Crippen molar-refractivity contribution in [2.75, 3.05) is 33.0 Å². The van der Waals surface area contributed by atoms with E-state index in [1.165, 1.54) is 0 Å². The number of nitrogens with one attached hydrogen (secondary N) is 1. The summed E-state index contributed by atoms with van der Waals surface area (Å²) in [5.74, 6) is -0.178. The quantitative estimate of drug-likeness (QED) is 0.817. The molecular formula is C13H22N4O3. The van der Waals surface area contributed by atoms with Gasteiger partial charge in [-0.1, -0.05) is 13.3 Å². The van der Waals surface area contributed by atoms with Gasteiger partial charge in [0.1, 0.15) is 12.2 Å². The van der Waals surface area contributed by atoms with Crippen LogP contribution in [0.2, 0.25) is 0 Å². The number of aryl methyl sites for hydroxylation is 1. The zero-order chi connectivity index (χ0) is 14.7. The number of anilines is 1. The van der Waals surface area contributed by atoms with Crippen LogP contribution < -0.4 is 5.73 Å². The number of aromatic amines is 1. The van der Waals surface area contributed by atoms with Crippen molar-refractivity contribution in [2.24, 2.45) is 0 Å². The summed E-state index contributed by atoms with van der Waals surface area (Å²) in [4.78, 5) is 14.1. The number of H-pyrrole nitrogens is 1. The molecular weight excluding hydrogens is 260 g/mol. The van der Waals surface area contributed by atoms with Crippen LogP contribution in [0.25, 0.3) is 0 Å². The van der Waals surface area contributed by atoms with E-state index >= 15 is 0 Å². The van der Waals surface area contributed by atoms with Crippen LogP contribution in [0.5, 0.6) is 0 Å². The first-order valence-electron chi connectivity index (χ1n) is 6.79. The van der Waals surface area contributed by atoms with E-state index in [1.807, 2.05) is 0 Å². The zero-order valence-corrected chi connectivity index (χ0v) is 12.2. The van der Waals surface area contributed by atoms with Crippen molar-refractivity contribution in [3.63, 3.8) is 0 Å². The summed E-state index contributed by atoms with van der Waals surface area (Å²) in [5, 5.41) is 6.90. The highest BCUT2D eigenvalue weighted by molar-refractivity contribution is 5.97. The number of rotatable bonds is 5. The standard InChI is InChI=1S/C13H22N4O3/c1-4-5-8-11(14)12(16-15-8)13(18)17-6-9(19-2)10(7-17)20-3/h9-10H,4-7,14H2,1-3H3,(H,15,16). The van der Waals surface area contributed by atoms with E-state index in [4.69, 9.17) is 15.2 Å². The van der Waals surface area contributed by atoms with Crippen molar-refractivity contribution < 1.29 is 14.3 Å². The Hall–Kier alpha value is -1.60. The molecule has 1 amide bonds. The Balaban J connectivity index is 2.12. The van der Waals surface area contributed by atoms with Crippen LogP contribution in [0.3, 0.4) is 0 Å². The highest BCUT2D eigenvalue weighted by Crippen LogP contribution is 2.22. The predicted molar refractivity (Wildman–Crippen MR) is 74.5 cm³/mol. The van der Waals surface area contributed by atoms with Gasteiger partial charge in [-0.2, -0.15) is 5.10 Å². The summed E-state index contributed by atoms with van der Waals surface area (Å²) >= 11 is 0. The lowest BCUT2D eigenvalue weighted by molar-refractivity contribution is -0.00461. The van der Waals surface area contributed by atoms with Crippen LogP contribution >= 0.6 is 0 Å². The van der Waals surface area contributed by atoms with E-state index in [9.17, 15) is 4.79 Å². The van der Waals surface area contributed by atoms with E-state index in [2.05, 4.69) is 17.1 Å². The van der Waals surface area contributed by atoms with Gasteiger partial charge in [0, 0.05) is 27.3 Å². The van der Waals surface area contributed by atoms with Gasteiger partial charge in [-0.15, -0.1) is 0 Å². The van der Waals surface area contributed by atoms with Crippen molar-refractivity contribution in [1.29, 1.82) is 0 Å². The van der Waals surface area contributed by atoms with E-state index in [-0.39, 0.29) is 18.1 Å².